The summed E-state index contributed by atoms with van der Waals surface area (Å²) in [5.41, 5.74) is 0. The van der Waals surface area contributed by atoms with Gasteiger partial charge in [-0.1, -0.05) is 0 Å². The van der Waals surface area contributed by atoms with E-state index in [9.17, 15) is 0 Å². The molecule has 0 atom stereocenters. The summed E-state index contributed by atoms with van der Waals surface area (Å²) in [5.74, 6) is 0. The normalized spacial score (nSPS) is 0. The molecule has 0 spiro atoms. The maximum absolute atomic E-state index is 0. The zero-order chi connectivity index (χ0) is 0. The zero-order valence-electron chi connectivity index (χ0n) is 1.77. The molecule has 0 fully saturated rings. The van der Waals surface area contributed by atoms with E-state index in [0.29, 0.717) is 0 Å². The molecule has 0 aromatic heterocycles. The maximum atomic E-state index is 0. The van der Waals surface area contributed by atoms with E-state index in [1.54, 1.807) is 0 Å². The Bertz CT molecular complexity index is 8.00. The van der Waals surface area contributed by atoms with Crippen LogP contribution in [0.1, 0.15) is 0 Å². The van der Waals surface area contributed by atoms with Crippen molar-refractivity contribution in [2.45, 2.75) is 0 Å². The van der Waals surface area contributed by atoms with Gasteiger partial charge < -0.3 is 0 Å². The van der Waals surface area contributed by atoms with Crippen molar-refractivity contribution in [3.05, 3.63) is 0 Å². The second kappa shape index (κ2) is 18.5. The molecule has 0 N–H and O–H groups in total. The van der Waals surface area contributed by atoms with Gasteiger partial charge in [0.1, 0.15) is 0 Å². The first kappa shape index (κ1) is 33.3. The summed E-state index contributed by atoms with van der Waals surface area (Å²) < 4.78 is 0. The van der Waals surface area contributed by atoms with Gasteiger partial charge in [0.25, 0.3) is 0 Å². The minimum absolute atomic E-state index is 0. The molecule has 5 radical (unpaired) electrons. The van der Waals surface area contributed by atoms with Crippen molar-refractivity contribution in [3.8, 4) is 0 Å². The molecule has 0 bridgehead atoms. The summed E-state index contributed by atoms with van der Waals surface area (Å²) in [6.07, 6.45) is 0. The molecule has 23 valence electrons. The Morgan fingerprint density at radius 3 is 1.00 bits per heavy atom. The van der Waals surface area contributed by atoms with Crippen LogP contribution >= 0.6 is 0 Å². The third-order valence-corrected chi connectivity index (χ3v) is 0. The van der Waals surface area contributed by atoms with Gasteiger partial charge in [0, 0.05) is 73.9 Å². The van der Waals surface area contributed by atoms with Crippen molar-refractivity contribution in [1.82, 2.24) is 0 Å². The molecule has 0 saturated carbocycles. The van der Waals surface area contributed by atoms with E-state index < -0.39 is 0 Å². The Labute approximate surface area is 73.1 Å². The van der Waals surface area contributed by atoms with Crippen molar-refractivity contribution >= 4 is 17.4 Å². The van der Waals surface area contributed by atoms with Gasteiger partial charge >= 0.3 is 0 Å². The molecule has 0 aromatic carbocycles. The van der Waals surface area contributed by atoms with Crippen LogP contribution < -0.4 is 0 Å². The number of hydrogen-bond acceptors (Lipinski definition) is 0. The average molecular weight is 319 g/mol. The number of rotatable bonds is 0. The van der Waals surface area contributed by atoms with Gasteiger partial charge in [-0.15, -0.1) is 0 Å². The van der Waals surface area contributed by atoms with Crippen molar-refractivity contribution in [2.75, 3.05) is 0 Å². The summed E-state index contributed by atoms with van der Waals surface area (Å²) in [5, 5.41) is 0. The van der Waals surface area contributed by atoms with Crippen molar-refractivity contribution in [2.24, 2.45) is 0 Å². The monoisotopic (exact) mass is 319 g/mol. The SMILES string of the molecule is [Al].[Co].[Cr].[Ta]. The van der Waals surface area contributed by atoms with Gasteiger partial charge in [0.05, 0.1) is 0 Å². The predicted molar refractivity (Wildman–Crippen MR) is 5.75 cm³/mol. The quantitative estimate of drug-likeness (QED) is 0.534. The Balaban J connectivity index is 0. The van der Waals surface area contributed by atoms with Crippen LogP contribution in [0, 0.1) is 0 Å². The summed E-state index contributed by atoms with van der Waals surface area (Å²) in [6, 6.07) is 0. The Morgan fingerprint density at radius 1 is 1.00 bits per heavy atom. The number of hydrogen-bond donors (Lipinski definition) is 0. The molecule has 0 rings (SSSR count). The van der Waals surface area contributed by atoms with Crippen molar-refractivity contribution in [1.29, 1.82) is 0 Å². The molecule has 0 nitrogen and oxygen atoms in total. The second-order valence-corrected chi connectivity index (χ2v) is 0. The van der Waals surface area contributed by atoms with Crippen LogP contribution in [0.5, 0.6) is 0 Å². The van der Waals surface area contributed by atoms with E-state index in [4.69, 9.17) is 0 Å². The molecule has 4 heavy (non-hydrogen) atoms. The largest absolute Gasteiger partial charge is 0 e. The molecule has 0 aliphatic heterocycles. The topological polar surface area (TPSA) is 0 Å². The van der Waals surface area contributed by atoms with Crippen molar-refractivity contribution in [3.63, 3.8) is 0 Å². The van der Waals surface area contributed by atoms with Crippen LogP contribution in [-0.2, 0) is 56.5 Å². The Hall–Kier alpha value is 2.31. The van der Waals surface area contributed by atoms with Gasteiger partial charge in [-0.2, -0.15) is 0 Å². The molecular formula is AlCoCrTa. The predicted octanol–water partition coefficient (Wildman–Crippen LogP) is -0.388. The van der Waals surface area contributed by atoms with Gasteiger partial charge in [-0.3, -0.25) is 0 Å². The van der Waals surface area contributed by atoms with E-state index in [1.807, 2.05) is 0 Å². The van der Waals surface area contributed by atoms with Gasteiger partial charge in [0.15, 0.2) is 0 Å². The fourth-order valence-corrected chi connectivity index (χ4v) is 0. The average Bonchev–Trinajstić information content (AvgIpc) is 0. The van der Waals surface area contributed by atoms with Crippen LogP contribution in [0.3, 0.4) is 0 Å². The molecule has 0 unspecified atom stereocenters. The van der Waals surface area contributed by atoms with Crippen molar-refractivity contribution < 1.29 is 56.5 Å². The molecule has 0 aliphatic carbocycles. The summed E-state index contributed by atoms with van der Waals surface area (Å²) in [6.45, 7) is 0. The molecule has 0 aromatic rings. The van der Waals surface area contributed by atoms with Gasteiger partial charge in [0.2, 0.25) is 0 Å². The first-order valence-corrected chi connectivity index (χ1v) is 0. The van der Waals surface area contributed by atoms with E-state index in [-0.39, 0.29) is 73.9 Å². The first-order chi connectivity index (χ1) is 0. The van der Waals surface area contributed by atoms with E-state index >= 15 is 0 Å². The van der Waals surface area contributed by atoms with Crippen LogP contribution in [-0.4, -0.2) is 17.4 Å². The molecule has 4 heteroatoms. The third kappa shape index (κ3) is 8.85. The second-order valence-electron chi connectivity index (χ2n) is 0. The van der Waals surface area contributed by atoms with E-state index in [1.165, 1.54) is 0 Å². The Morgan fingerprint density at radius 2 is 1.00 bits per heavy atom. The molecule has 0 amide bonds. The van der Waals surface area contributed by atoms with Gasteiger partial charge in [-0.25, -0.2) is 0 Å². The van der Waals surface area contributed by atoms with Crippen LogP contribution in [0.4, 0.5) is 0 Å². The third-order valence-electron chi connectivity index (χ3n) is 0. The zero-order valence-corrected chi connectivity index (χ0v) is 8.45. The minimum Gasteiger partial charge on any atom is 0 e. The molecular weight excluding hydrogens is 319 g/mol. The smallest absolute Gasteiger partial charge is 0 e. The Kier molecular flexibility index (Phi) is 154. The van der Waals surface area contributed by atoms with E-state index in [2.05, 4.69) is 0 Å². The standard InChI is InChI=1S/Al.Co.Cr.Ta. The van der Waals surface area contributed by atoms with Crippen LogP contribution in [0.2, 0.25) is 0 Å². The first-order valence-electron chi connectivity index (χ1n) is 0. The van der Waals surface area contributed by atoms with Crippen LogP contribution in [0.15, 0.2) is 0 Å². The fourth-order valence-electron chi connectivity index (χ4n) is 0. The molecule has 0 heterocycles. The molecule has 0 saturated heterocycles. The summed E-state index contributed by atoms with van der Waals surface area (Å²) in [7, 11) is 0. The van der Waals surface area contributed by atoms with E-state index in [0.717, 1.165) is 0 Å². The summed E-state index contributed by atoms with van der Waals surface area (Å²) in [4.78, 5) is 0. The van der Waals surface area contributed by atoms with Crippen LogP contribution in [0.25, 0.3) is 0 Å². The van der Waals surface area contributed by atoms with Gasteiger partial charge in [-0.05, 0) is 0 Å². The molecule has 0 aliphatic rings. The fraction of sp³-hybridized carbons (Fsp3) is 0. The summed E-state index contributed by atoms with van der Waals surface area (Å²) >= 11 is 0. The maximum Gasteiger partial charge on any atom is 0 e. The minimum atomic E-state index is 0.